The summed E-state index contributed by atoms with van der Waals surface area (Å²) < 4.78 is 41.9. The Balaban J connectivity index is 2.12. The second-order valence-corrected chi connectivity index (χ2v) is 3.57. The van der Waals surface area contributed by atoms with Gasteiger partial charge in [-0.05, 0) is 12.8 Å². The van der Waals surface area contributed by atoms with Gasteiger partial charge < -0.3 is 9.72 Å². The lowest BCUT2D eigenvalue weighted by Crippen LogP contribution is -2.15. The van der Waals surface area contributed by atoms with Crippen molar-refractivity contribution in [3.05, 3.63) is 17.7 Å². The Morgan fingerprint density at radius 3 is 2.53 bits per heavy atom. The average Bonchev–Trinajstić information content (AvgIpc) is 2.67. The first-order valence-electron chi connectivity index (χ1n) is 4.77. The van der Waals surface area contributed by atoms with Gasteiger partial charge in [-0.1, -0.05) is 0 Å². The Labute approximate surface area is 84.7 Å². The van der Waals surface area contributed by atoms with Gasteiger partial charge >= 0.3 is 6.18 Å². The van der Waals surface area contributed by atoms with E-state index < -0.39 is 12.0 Å². The number of rotatable bonds is 1. The van der Waals surface area contributed by atoms with Gasteiger partial charge in [0.1, 0.15) is 0 Å². The minimum absolute atomic E-state index is 0.113. The third kappa shape index (κ3) is 2.31. The zero-order chi connectivity index (χ0) is 10.9. The molecule has 0 bridgehead atoms. The van der Waals surface area contributed by atoms with Crippen LogP contribution in [0.3, 0.4) is 0 Å². The number of halogens is 3. The maximum absolute atomic E-state index is 12.2. The van der Waals surface area contributed by atoms with Gasteiger partial charge in [-0.3, -0.25) is 0 Å². The van der Waals surface area contributed by atoms with E-state index in [1.165, 1.54) is 6.20 Å². The molecule has 3 nitrogen and oxygen atoms in total. The van der Waals surface area contributed by atoms with Crippen LogP contribution in [0.5, 0.6) is 0 Å². The molecule has 0 atom stereocenters. The third-order valence-electron chi connectivity index (χ3n) is 2.53. The number of nitrogens with zero attached hydrogens (tertiary/aromatic N) is 1. The molecule has 84 valence electrons. The minimum atomic E-state index is -4.39. The molecule has 1 fully saturated rings. The standard InChI is InChI=1S/C9H11F3N2O/c10-9(11,12)8-13-5-7(14-8)6-1-3-15-4-2-6/h5-6H,1-4H2,(H,13,14). The van der Waals surface area contributed by atoms with Crippen LogP contribution in [0.4, 0.5) is 13.2 Å². The monoisotopic (exact) mass is 220 g/mol. The average molecular weight is 220 g/mol. The number of alkyl halides is 3. The SMILES string of the molecule is FC(F)(F)c1ncc(C2CCOCC2)[nH]1. The van der Waals surface area contributed by atoms with Crippen LogP contribution < -0.4 is 0 Å². The van der Waals surface area contributed by atoms with Gasteiger partial charge in [-0.15, -0.1) is 0 Å². The first kappa shape index (κ1) is 10.5. The topological polar surface area (TPSA) is 37.9 Å². The van der Waals surface area contributed by atoms with Crippen molar-refractivity contribution >= 4 is 0 Å². The Kier molecular flexibility index (Phi) is 2.68. The van der Waals surface area contributed by atoms with Crippen molar-refractivity contribution in [1.29, 1.82) is 0 Å². The van der Waals surface area contributed by atoms with E-state index >= 15 is 0 Å². The molecule has 0 spiro atoms. The number of aromatic nitrogens is 2. The molecule has 1 aliphatic heterocycles. The first-order chi connectivity index (χ1) is 7.07. The maximum atomic E-state index is 12.2. The van der Waals surface area contributed by atoms with Crippen LogP contribution in [0.25, 0.3) is 0 Å². The van der Waals surface area contributed by atoms with Crippen molar-refractivity contribution < 1.29 is 17.9 Å². The number of hydrogen-bond acceptors (Lipinski definition) is 2. The molecule has 0 aliphatic carbocycles. The number of ether oxygens (including phenoxy) is 1. The van der Waals surface area contributed by atoms with Crippen LogP contribution in [0.2, 0.25) is 0 Å². The second-order valence-electron chi connectivity index (χ2n) is 3.57. The van der Waals surface area contributed by atoms with Gasteiger partial charge in [-0.25, -0.2) is 4.98 Å². The Bertz CT molecular complexity index is 328. The summed E-state index contributed by atoms with van der Waals surface area (Å²) in [5, 5.41) is 0. The highest BCUT2D eigenvalue weighted by Gasteiger charge is 2.35. The number of hydrogen-bond donors (Lipinski definition) is 1. The van der Waals surface area contributed by atoms with E-state index in [2.05, 4.69) is 9.97 Å². The molecule has 2 rings (SSSR count). The molecule has 15 heavy (non-hydrogen) atoms. The normalized spacial score (nSPS) is 19.4. The molecule has 6 heteroatoms. The summed E-state index contributed by atoms with van der Waals surface area (Å²) in [6.07, 6.45) is -1.61. The number of nitrogens with one attached hydrogen (secondary N) is 1. The molecule has 1 aliphatic rings. The van der Waals surface area contributed by atoms with E-state index in [9.17, 15) is 13.2 Å². The second kappa shape index (κ2) is 3.84. The van der Waals surface area contributed by atoms with Gasteiger partial charge in [0.2, 0.25) is 5.82 Å². The van der Waals surface area contributed by atoms with Gasteiger partial charge in [0.25, 0.3) is 0 Å². The first-order valence-corrected chi connectivity index (χ1v) is 4.77. The molecule has 2 heterocycles. The van der Waals surface area contributed by atoms with E-state index in [4.69, 9.17) is 4.74 Å². The Morgan fingerprint density at radius 2 is 2.00 bits per heavy atom. The Morgan fingerprint density at radius 1 is 1.33 bits per heavy atom. The quantitative estimate of drug-likeness (QED) is 0.788. The predicted molar refractivity (Wildman–Crippen MR) is 46.4 cm³/mol. The predicted octanol–water partition coefficient (Wildman–Crippen LogP) is 2.32. The molecule has 0 saturated carbocycles. The van der Waals surface area contributed by atoms with Crippen molar-refractivity contribution in [2.45, 2.75) is 24.9 Å². The summed E-state index contributed by atoms with van der Waals surface area (Å²) in [5.41, 5.74) is 0.561. The van der Waals surface area contributed by atoms with Crippen LogP contribution >= 0.6 is 0 Å². The number of imidazole rings is 1. The highest BCUT2D eigenvalue weighted by molar-refractivity contribution is 5.09. The van der Waals surface area contributed by atoms with Crippen LogP contribution in [-0.2, 0) is 10.9 Å². The molecule has 0 aromatic carbocycles. The zero-order valence-corrected chi connectivity index (χ0v) is 7.97. The van der Waals surface area contributed by atoms with Crippen LogP contribution in [0, 0.1) is 0 Å². The third-order valence-corrected chi connectivity index (χ3v) is 2.53. The van der Waals surface area contributed by atoms with E-state index in [0.717, 1.165) is 12.8 Å². The van der Waals surface area contributed by atoms with E-state index in [-0.39, 0.29) is 5.92 Å². The zero-order valence-electron chi connectivity index (χ0n) is 7.97. The van der Waals surface area contributed by atoms with Crippen LogP contribution in [0.15, 0.2) is 6.20 Å². The minimum Gasteiger partial charge on any atom is -0.381 e. The van der Waals surface area contributed by atoms with Crippen molar-refractivity contribution in [1.82, 2.24) is 9.97 Å². The molecule has 1 N–H and O–H groups in total. The highest BCUT2D eigenvalue weighted by Crippen LogP contribution is 2.30. The van der Waals surface area contributed by atoms with Gasteiger partial charge in [-0.2, -0.15) is 13.2 Å². The molecular weight excluding hydrogens is 209 g/mol. The van der Waals surface area contributed by atoms with Crippen molar-refractivity contribution in [2.24, 2.45) is 0 Å². The van der Waals surface area contributed by atoms with E-state index in [1.807, 2.05) is 0 Å². The Hall–Kier alpha value is -1.04. The van der Waals surface area contributed by atoms with E-state index in [0.29, 0.717) is 18.9 Å². The van der Waals surface area contributed by atoms with Crippen molar-refractivity contribution in [3.63, 3.8) is 0 Å². The van der Waals surface area contributed by atoms with Crippen molar-refractivity contribution in [2.75, 3.05) is 13.2 Å². The summed E-state index contributed by atoms with van der Waals surface area (Å²) >= 11 is 0. The number of H-pyrrole nitrogens is 1. The molecule has 1 aromatic rings. The smallest absolute Gasteiger partial charge is 0.381 e. The van der Waals surface area contributed by atoms with Crippen molar-refractivity contribution in [3.8, 4) is 0 Å². The molecule has 1 aromatic heterocycles. The lowest BCUT2D eigenvalue weighted by molar-refractivity contribution is -0.144. The molecule has 1 saturated heterocycles. The fourth-order valence-electron chi connectivity index (χ4n) is 1.70. The summed E-state index contributed by atoms with van der Waals surface area (Å²) in [6, 6.07) is 0. The largest absolute Gasteiger partial charge is 0.449 e. The fourth-order valence-corrected chi connectivity index (χ4v) is 1.70. The molecule has 0 radical (unpaired) electrons. The van der Waals surface area contributed by atoms with Crippen LogP contribution in [0.1, 0.15) is 30.3 Å². The summed E-state index contributed by atoms with van der Waals surface area (Å²) in [6.45, 7) is 1.20. The lowest BCUT2D eigenvalue weighted by atomic mass is 9.97. The molecule has 0 amide bonds. The fraction of sp³-hybridized carbons (Fsp3) is 0.667. The van der Waals surface area contributed by atoms with Gasteiger partial charge in [0, 0.05) is 31.0 Å². The molecule has 0 unspecified atom stereocenters. The maximum Gasteiger partial charge on any atom is 0.449 e. The van der Waals surface area contributed by atoms with Gasteiger partial charge in [0.05, 0.1) is 0 Å². The highest BCUT2D eigenvalue weighted by atomic mass is 19.4. The van der Waals surface area contributed by atoms with Crippen LogP contribution in [-0.4, -0.2) is 23.2 Å². The summed E-state index contributed by atoms with van der Waals surface area (Å²) in [7, 11) is 0. The lowest BCUT2D eigenvalue weighted by Gasteiger charge is -2.20. The summed E-state index contributed by atoms with van der Waals surface area (Å²) in [4.78, 5) is 5.67. The molecular formula is C9H11F3N2O. The summed E-state index contributed by atoms with van der Waals surface area (Å²) in [5.74, 6) is -0.800. The number of aromatic amines is 1. The van der Waals surface area contributed by atoms with Gasteiger partial charge in [0.15, 0.2) is 0 Å². The van der Waals surface area contributed by atoms with E-state index in [1.54, 1.807) is 0 Å².